The fourth-order valence-corrected chi connectivity index (χ4v) is 6.52. The molecule has 3 aromatic rings. The maximum atomic E-state index is 12.7. The number of aromatic nitrogens is 3. The number of hydrogen-bond donors (Lipinski definition) is 1. The van der Waals surface area contributed by atoms with Crippen LogP contribution in [0, 0.1) is 24.2 Å². The number of amides is 1. The zero-order valence-electron chi connectivity index (χ0n) is 17.5. The first-order valence-electron chi connectivity index (χ1n) is 10.1. The summed E-state index contributed by atoms with van der Waals surface area (Å²) in [5, 5.41) is 24.6. The number of aryl methyl sites for hydroxylation is 1. The monoisotopic (exact) mass is 469 g/mol. The molecule has 0 aliphatic heterocycles. The van der Waals surface area contributed by atoms with E-state index in [0.717, 1.165) is 36.2 Å². The highest BCUT2D eigenvalue weighted by atomic mass is 32.2. The zero-order chi connectivity index (χ0) is 22.0. The molecular formula is C22H23N5OS3. The molecule has 31 heavy (non-hydrogen) atoms. The third kappa shape index (κ3) is 4.61. The lowest BCUT2D eigenvalue weighted by molar-refractivity contribution is -0.113. The minimum absolute atomic E-state index is 0.144. The Morgan fingerprint density at radius 1 is 1.52 bits per heavy atom. The Kier molecular flexibility index (Phi) is 6.60. The number of nitrogens with zero attached hydrogens (tertiary/aromatic N) is 4. The van der Waals surface area contributed by atoms with Crippen LogP contribution in [-0.4, -0.2) is 26.4 Å². The lowest BCUT2D eigenvalue weighted by Gasteiger charge is -2.17. The van der Waals surface area contributed by atoms with Crippen molar-refractivity contribution in [3.8, 4) is 17.5 Å². The second-order valence-electron chi connectivity index (χ2n) is 7.66. The summed E-state index contributed by atoms with van der Waals surface area (Å²) in [6.45, 7) is 8.68. The van der Waals surface area contributed by atoms with E-state index in [1.807, 2.05) is 4.57 Å². The topological polar surface area (TPSA) is 83.6 Å². The molecule has 0 aromatic carbocycles. The van der Waals surface area contributed by atoms with E-state index in [9.17, 15) is 10.1 Å². The summed E-state index contributed by atoms with van der Waals surface area (Å²) in [4.78, 5) is 15.1. The molecule has 0 saturated heterocycles. The van der Waals surface area contributed by atoms with Crippen molar-refractivity contribution >= 4 is 45.3 Å². The Balaban J connectivity index is 1.47. The van der Waals surface area contributed by atoms with Crippen molar-refractivity contribution in [2.75, 3.05) is 11.1 Å². The minimum atomic E-state index is -0.144. The van der Waals surface area contributed by atoms with E-state index >= 15 is 0 Å². The van der Waals surface area contributed by atoms with E-state index in [-0.39, 0.29) is 11.7 Å². The van der Waals surface area contributed by atoms with Gasteiger partial charge in [-0.3, -0.25) is 9.36 Å². The number of carbonyl (C=O) groups excluding carboxylic acids is 1. The van der Waals surface area contributed by atoms with Gasteiger partial charge in [-0.1, -0.05) is 24.8 Å². The molecular weight excluding hydrogens is 446 g/mol. The number of hydrogen-bond acceptors (Lipinski definition) is 7. The minimum Gasteiger partial charge on any atom is -0.316 e. The highest BCUT2D eigenvalue weighted by Crippen LogP contribution is 2.39. The second kappa shape index (κ2) is 9.39. The number of allylic oxidation sites excluding steroid dienone is 1. The summed E-state index contributed by atoms with van der Waals surface area (Å²) in [6.07, 6.45) is 4.78. The normalized spacial score (nSPS) is 15.3. The number of thioether (sulfide) groups is 1. The zero-order valence-corrected chi connectivity index (χ0v) is 19.9. The van der Waals surface area contributed by atoms with E-state index < -0.39 is 0 Å². The smallest absolute Gasteiger partial charge is 0.235 e. The molecule has 1 atom stereocenters. The van der Waals surface area contributed by atoms with Crippen molar-refractivity contribution in [1.29, 1.82) is 5.26 Å². The second-order valence-corrected chi connectivity index (χ2v) is 10.8. The first-order chi connectivity index (χ1) is 15.0. The molecule has 6 nitrogen and oxygen atoms in total. The summed E-state index contributed by atoms with van der Waals surface area (Å²) in [5.41, 5.74) is 2.77. The van der Waals surface area contributed by atoms with Gasteiger partial charge >= 0.3 is 0 Å². The lowest BCUT2D eigenvalue weighted by atomic mass is 9.89. The Bertz CT molecular complexity index is 1170. The molecule has 1 aliphatic carbocycles. The van der Waals surface area contributed by atoms with Crippen molar-refractivity contribution in [3.63, 3.8) is 0 Å². The van der Waals surface area contributed by atoms with Crippen LogP contribution in [0.15, 0.2) is 29.3 Å². The molecule has 1 aliphatic rings. The van der Waals surface area contributed by atoms with Crippen LogP contribution in [0.2, 0.25) is 0 Å². The maximum absolute atomic E-state index is 12.7. The van der Waals surface area contributed by atoms with Crippen LogP contribution in [0.4, 0.5) is 5.00 Å². The first-order valence-corrected chi connectivity index (χ1v) is 12.7. The molecule has 0 fully saturated rings. The van der Waals surface area contributed by atoms with Crippen LogP contribution in [0.1, 0.15) is 34.2 Å². The highest BCUT2D eigenvalue weighted by Gasteiger charge is 2.25. The van der Waals surface area contributed by atoms with E-state index in [1.165, 1.54) is 21.5 Å². The van der Waals surface area contributed by atoms with Gasteiger partial charge in [-0.2, -0.15) is 5.26 Å². The van der Waals surface area contributed by atoms with Crippen molar-refractivity contribution in [1.82, 2.24) is 14.8 Å². The van der Waals surface area contributed by atoms with Gasteiger partial charge in [-0.25, -0.2) is 0 Å². The number of rotatable bonds is 7. The van der Waals surface area contributed by atoms with Crippen LogP contribution in [0.3, 0.4) is 0 Å². The summed E-state index contributed by atoms with van der Waals surface area (Å²) < 4.78 is 1.97. The van der Waals surface area contributed by atoms with Crippen molar-refractivity contribution in [2.45, 2.75) is 44.8 Å². The summed E-state index contributed by atoms with van der Waals surface area (Å²) >= 11 is 4.55. The average Bonchev–Trinajstić information content (AvgIpc) is 3.43. The molecule has 1 amide bonds. The predicted molar refractivity (Wildman–Crippen MR) is 128 cm³/mol. The van der Waals surface area contributed by atoms with E-state index in [1.54, 1.807) is 28.7 Å². The largest absolute Gasteiger partial charge is 0.316 e. The molecule has 0 radical (unpaired) electrons. The fourth-order valence-electron chi connectivity index (χ4n) is 3.71. The Morgan fingerprint density at radius 2 is 2.35 bits per heavy atom. The van der Waals surface area contributed by atoms with Gasteiger partial charge in [0.25, 0.3) is 0 Å². The molecule has 4 rings (SSSR count). The number of thiophene rings is 2. The number of anilines is 1. The number of fused-ring (bicyclic) bond motifs is 1. The van der Waals surface area contributed by atoms with Gasteiger partial charge in [-0.15, -0.1) is 39.4 Å². The maximum Gasteiger partial charge on any atom is 0.235 e. The van der Waals surface area contributed by atoms with Crippen molar-refractivity contribution in [2.24, 2.45) is 5.92 Å². The third-order valence-corrected chi connectivity index (χ3v) is 8.22. The Hall–Kier alpha value is -2.41. The molecule has 0 bridgehead atoms. The lowest BCUT2D eigenvalue weighted by Crippen LogP contribution is -2.14. The fraction of sp³-hybridized carbons (Fsp3) is 0.364. The van der Waals surface area contributed by atoms with E-state index in [2.05, 4.69) is 53.5 Å². The Labute approximate surface area is 194 Å². The van der Waals surface area contributed by atoms with Gasteiger partial charge in [-0.05, 0) is 43.7 Å². The third-order valence-electron chi connectivity index (χ3n) is 5.23. The molecule has 0 spiro atoms. The van der Waals surface area contributed by atoms with Gasteiger partial charge in [0.15, 0.2) is 11.0 Å². The van der Waals surface area contributed by atoms with Gasteiger partial charge in [0.1, 0.15) is 11.1 Å². The number of nitrogens with one attached hydrogen (secondary N) is 1. The molecule has 0 saturated carbocycles. The van der Waals surface area contributed by atoms with Gasteiger partial charge in [0.05, 0.1) is 11.3 Å². The van der Waals surface area contributed by atoms with Crippen LogP contribution in [-0.2, 0) is 24.2 Å². The molecule has 1 N–H and O–H groups in total. The van der Waals surface area contributed by atoms with Crippen LogP contribution >= 0.6 is 34.4 Å². The SMILES string of the molecule is C=CCn1c(SCC(=O)Nc2sc3c(c2C#N)CCC(C)C3)nnc1-c1csc(C)c1. The standard InChI is InChI=1S/C22H23N5OS3/c1-4-7-27-20(15-9-14(3)29-11-15)25-26-22(27)30-12-19(28)24-21-17(10-23)16-6-5-13(2)8-18(16)31-21/h4,9,11,13H,1,5-8,12H2,2-3H3,(H,24,28). The first kappa shape index (κ1) is 21.8. The summed E-state index contributed by atoms with van der Waals surface area (Å²) in [5.74, 6) is 1.45. The predicted octanol–water partition coefficient (Wildman–Crippen LogP) is 5.29. The van der Waals surface area contributed by atoms with E-state index in [0.29, 0.717) is 28.2 Å². The molecule has 1 unspecified atom stereocenters. The van der Waals surface area contributed by atoms with Crippen molar-refractivity contribution < 1.29 is 4.79 Å². The van der Waals surface area contributed by atoms with Crippen molar-refractivity contribution in [3.05, 3.63) is 45.0 Å². The molecule has 3 aromatic heterocycles. The van der Waals surface area contributed by atoms with Crippen LogP contribution < -0.4 is 5.32 Å². The highest BCUT2D eigenvalue weighted by molar-refractivity contribution is 7.99. The molecule has 3 heterocycles. The number of carbonyl (C=O) groups is 1. The van der Waals surface area contributed by atoms with Gasteiger partial charge in [0, 0.05) is 27.2 Å². The van der Waals surface area contributed by atoms with Gasteiger partial charge in [0.2, 0.25) is 5.91 Å². The Morgan fingerprint density at radius 3 is 3.06 bits per heavy atom. The molecule has 160 valence electrons. The number of nitriles is 1. The average molecular weight is 470 g/mol. The van der Waals surface area contributed by atoms with Gasteiger partial charge < -0.3 is 5.32 Å². The quantitative estimate of drug-likeness (QED) is 0.375. The van der Waals surface area contributed by atoms with Crippen LogP contribution in [0.25, 0.3) is 11.4 Å². The summed E-state index contributed by atoms with van der Waals surface area (Å²) in [7, 11) is 0. The molecule has 9 heteroatoms. The van der Waals surface area contributed by atoms with E-state index in [4.69, 9.17) is 0 Å². The van der Waals surface area contributed by atoms with Crippen LogP contribution in [0.5, 0.6) is 0 Å². The summed E-state index contributed by atoms with van der Waals surface area (Å²) in [6, 6.07) is 4.38.